The Morgan fingerprint density at radius 3 is 2.64 bits per heavy atom. The highest BCUT2D eigenvalue weighted by Crippen LogP contribution is 2.20. The van der Waals surface area contributed by atoms with E-state index in [9.17, 15) is 13.6 Å². The Morgan fingerprint density at radius 2 is 2.07 bits per heavy atom. The van der Waals surface area contributed by atoms with Crippen molar-refractivity contribution in [1.29, 1.82) is 0 Å². The molecule has 2 N–H and O–H groups in total. The minimum atomic E-state index is -0.880. The molecule has 0 saturated heterocycles. The lowest BCUT2D eigenvalue weighted by atomic mass is 10.3. The van der Waals surface area contributed by atoms with Crippen molar-refractivity contribution in [3.05, 3.63) is 29.8 Å². The van der Waals surface area contributed by atoms with E-state index in [1.807, 2.05) is 0 Å². The zero-order valence-electron chi connectivity index (χ0n) is 7.30. The topological polar surface area (TPSA) is 43.1 Å². The summed E-state index contributed by atoms with van der Waals surface area (Å²) in [6, 6.07) is 3.62. The molecule has 14 heavy (non-hydrogen) atoms. The Labute approximate surface area is 84.5 Å². The maximum Gasteiger partial charge on any atom is 0.218 e. The van der Waals surface area contributed by atoms with Gasteiger partial charge < -0.3 is 5.73 Å². The largest absolute Gasteiger partial charge is 0.370 e. The van der Waals surface area contributed by atoms with E-state index in [-0.39, 0.29) is 6.42 Å². The maximum absolute atomic E-state index is 12.7. The Kier molecular flexibility index (Phi) is 3.88. The predicted molar refractivity (Wildman–Crippen MR) is 50.9 cm³/mol. The summed E-state index contributed by atoms with van der Waals surface area (Å²) < 4.78 is 25.2. The van der Waals surface area contributed by atoms with Crippen molar-refractivity contribution in [2.75, 3.05) is 5.75 Å². The van der Waals surface area contributed by atoms with Gasteiger partial charge in [-0.25, -0.2) is 8.78 Å². The minimum Gasteiger partial charge on any atom is -0.370 e. The molecular weight excluding hydrogens is 208 g/mol. The van der Waals surface area contributed by atoms with E-state index in [2.05, 4.69) is 0 Å². The van der Waals surface area contributed by atoms with Crippen molar-refractivity contribution >= 4 is 17.7 Å². The van der Waals surface area contributed by atoms with Gasteiger partial charge in [-0.05, 0) is 18.2 Å². The summed E-state index contributed by atoms with van der Waals surface area (Å²) in [5.41, 5.74) is 4.92. The van der Waals surface area contributed by atoms with Gasteiger partial charge in [-0.1, -0.05) is 0 Å². The number of carbonyl (C=O) groups excluding carboxylic acids is 1. The Balaban J connectivity index is 2.51. The molecule has 0 spiro atoms. The predicted octanol–water partition coefficient (Wildman–Crippen LogP) is 1.93. The SMILES string of the molecule is NC(=O)CCSc1ccc(F)c(F)c1. The first-order chi connectivity index (χ1) is 6.59. The smallest absolute Gasteiger partial charge is 0.218 e. The average Bonchev–Trinajstić information content (AvgIpc) is 2.10. The third-order valence-electron chi connectivity index (χ3n) is 1.51. The fourth-order valence-corrected chi connectivity index (χ4v) is 1.73. The second-order valence-corrected chi connectivity index (χ2v) is 3.81. The lowest BCUT2D eigenvalue weighted by molar-refractivity contribution is -0.117. The second-order valence-electron chi connectivity index (χ2n) is 2.64. The standard InChI is InChI=1S/C9H9F2NOS/c10-7-2-1-6(5-8(7)11)14-4-3-9(12)13/h1-2,5H,3-4H2,(H2,12,13). The van der Waals surface area contributed by atoms with Crippen LogP contribution in [0.25, 0.3) is 0 Å². The number of benzene rings is 1. The molecule has 2 nitrogen and oxygen atoms in total. The molecule has 1 aromatic rings. The van der Waals surface area contributed by atoms with Crippen LogP contribution in [0.2, 0.25) is 0 Å². The highest BCUT2D eigenvalue weighted by atomic mass is 32.2. The lowest BCUT2D eigenvalue weighted by Gasteiger charge is -2.00. The van der Waals surface area contributed by atoms with E-state index in [1.54, 1.807) is 0 Å². The molecule has 0 aliphatic carbocycles. The van der Waals surface area contributed by atoms with Gasteiger partial charge in [-0.2, -0.15) is 0 Å². The number of hydrogen-bond acceptors (Lipinski definition) is 2. The molecule has 0 heterocycles. The molecule has 1 amide bonds. The van der Waals surface area contributed by atoms with Crippen molar-refractivity contribution in [2.45, 2.75) is 11.3 Å². The molecule has 0 aliphatic rings. The molecular formula is C9H9F2NOS. The van der Waals surface area contributed by atoms with Crippen LogP contribution < -0.4 is 5.73 Å². The van der Waals surface area contributed by atoms with E-state index in [0.717, 1.165) is 12.1 Å². The van der Waals surface area contributed by atoms with Gasteiger partial charge in [0.05, 0.1) is 0 Å². The normalized spacial score (nSPS) is 10.1. The van der Waals surface area contributed by atoms with E-state index in [0.29, 0.717) is 10.6 Å². The maximum atomic E-state index is 12.7. The minimum absolute atomic E-state index is 0.226. The molecule has 0 aliphatic heterocycles. The van der Waals surface area contributed by atoms with Gasteiger partial charge in [0, 0.05) is 17.1 Å². The monoisotopic (exact) mass is 217 g/mol. The molecule has 0 atom stereocenters. The number of rotatable bonds is 4. The fraction of sp³-hybridized carbons (Fsp3) is 0.222. The highest BCUT2D eigenvalue weighted by Gasteiger charge is 2.03. The molecule has 1 aromatic carbocycles. The number of halogens is 2. The van der Waals surface area contributed by atoms with Crippen LogP contribution in [-0.4, -0.2) is 11.7 Å². The third-order valence-corrected chi connectivity index (χ3v) is 2.50. The molecule has 76 valence electrons. The van der Waals surface area contributed by atoms with E-state index < -0.39 is 17.5 Å². The first-order valence-corrected chi connectivity index (χ1v) is 4.94. The Morgan fingerprint density at radius 1 is 1.36 bits per heavy atom. The van der Waals surface area contributed by atoms with E-state index >= 15 is 0 Å². The summed E-state index contributed by atoms with van der Waals surface area (Å²) in [5.74, 6) is -1.68. The number of carbonyl (C=O) groups is 1. The zero-order valence-corrected chi connectivity index (χ0v) is 8.11. The van der Waals surface area contributed by atoms with Crippen molar-refractivity contribution in [3.8, 4) is 0 Å². The first kappa shape index (κ1) is 11.0. The van der Waals surface area contributed by atoms with Gasteiger partial charge in [-0.15, -0.1) is 11.8 Å². The van der Waals surface area contributed by atoms with Crippen LogP contribution in [0, 0.1) is 11.6 Å². The summed E-state index contributed by atoms with van der Waals surface area (Å²) >= 11 is 1.26. The van der Waals surface area contributed by atoms with Crippen LogP contribution >= 0.6 is 11.8 Å². The number of amides is 1. The van der Waals surface area contributed by atoms with Crippen LogP contribution in [0.1, 0.15) is 6.42 Å². The summed E-state index contributed by atoms with van der Waals surface area (Å²) in [6.07, 6.45) is 0.226. The van der Waals surface area contributed by atoms with Crippen LogP contribution in [0.5, 0.6) is 0 Å². The third kappa shape index (κ3) is 3.33. The number of primary amides is 1. The molecule has 0 fully saturated rings. The number of nitrogens with two attached hydrogens (primary N) is 1. The molecule has 0 saturated carbocycles. The second kappa shape index (κ2) is 4.95. The summed E-state index contributed by atoms with van der Waals surface area (Å²) in [6.45, 7) is 0. The highest BCUT2D eigenvalue weighted by molar-refractivity contribution is 7.99. The van der Waals surface area contributed by atoms with Crippen molar-refractivity contribution in [1.82, 2.24) is 0 Å². The van der Waals surface area contributed by atoms with Gasteiger partial charge in [0.2, 0.25) is 5.91 Å². The van der Waals surface area contributed by atoms with Crippen LogP contribution in [-0.2, 0) is 4.79 Å². The summed E-state index contributed by atoms with van der Waals surface area (Å²) in [4.78, 5) is 11.0. The van der Waals surface area contributed by atoms with Crippen LogP contribution in [0.15, 0.2) is 23.1 Å². The Bertz CT molecular complexity index is 344. The van der Waals surface area contributed by atoms with Gasteiger partial charge in [0.1, 0.15) is 0 Å². The molecule has 0 aromatic heterocycles. The fourth-order valence-electron chi connectivity index (χ4n) is 0.836. The van der Waals surface area contributed by atoms with E-state index in [1.165, 1.54) is 17.8 Å². The van der Waals surface area contributed by atoms with Crippen molar-refractivity contribution < 1.29 is 13.6 Å². The van der Waals surface area contributed by atoms with Crippen LogP contribution in [0.3, 0.4) is 0 Å². The molecule has 0 bridgehead atoms. The summed E-state index contributed by atoms with van der Waals surface area (Å²) in [5, 5.41) is 0. The van der Waals surface area contributed by atoms with Crippen LogP contribution in [0.4, 0.5) is 8.78 Å². The van der Waals surface area contributed by atoms with Gasteiger partial charge in [0.25, 0.3) is 0 Å². The molecule has 5 heteroatoms. The zero-order chi connectivity index (χ0) is 10.6. The number of hydrogen-bond donors (Lipinski definition) is 1. The van der Waals surface area contributed by atoms with Gasteiger partial charge in [0.15, 0.2) is 11.6 Å². The van der Waals surface area contributed by atoms with E-state index in [4.69, 9.17) is 5.73 Å². The summed E-state index contributed by atoms with van der Waals surface area (Å²) in [7, 11) is 0. The quantitative estimate of drug-likeness (QED) is 0.783. The number of thioether (sulfide) groups is 1. The van der Waals surface area contributed by atoms with Crippen molar-refractivity contribution in [3.63, 3.8) is 0 Å². The Hall–Kier alpha value is -1.10. The van der Waals surface area contributed by atoms with Gasteiger partial charge in [-0.3, -0.25) is 4.79 Å². The first-order valence-electron chi connectivity index (χ1n) is 3.96. The molecule has 0 radical (unpaired) electrons. The van der Waals surface area contributed by atoms with Gasteiger partial charge >= 0.3 is 0 Å². The lowest BCUT2D eigenvalue weighted by Crippen LogP contribution is -2.10. The molecule has 1 rings (SSSR count). The molecule has 0 unspecified atom stereocenters. The average molecular weight is 217 g/mol. The van der Waals surface area contributed by atoms with Crippen molar-refractivity contribution in [2.24, 2.45) is 5.73 Å².